The summed E-state index contributed by atoms with van der Waals surface area (Å²) in [6, 6.07) is 10.4. The first-order valence-corrected chi connectivity index (χ1v) is 8.59. The van der Waals surface area contributed by atoms with Crippen molar-refractivity contribution in [3.63, 3.8) is 0 Å². The molecule has 0 aliphatic carbocycles. The Morgan fingerprint density at radius 3 is 2.39 bits per heavy atom. The van der Waals surface area contributed by atoms with Crippen molar-refractivity contribution in [2.75, 3.05) is 5.32 Å². The topological polar surface area (TPSA) is 34.0 Å². The SMILES string of the molecule is Cc1cc(C(=O)Nc2ccc(Cl)cc2F)c(C)n1-c1ccccc1C(F)(F)F. The van der Waals surface area contributed by atoms with Crippen LogP contribution in [0.3, 0.4) is 0 Å². The first kappa shape index (κ1) is 19.9. The molecule has 0 saturated heterocycles. The van der Waals surface area contributed by atoms with Gasteiger partial charge in [-0.05, 0) is 50.2 Å². The van der Waals surface area contributed by atoms with Crippen LogP contribution in [0.1, 0.15) is 27.3 Å². The molecule has 0 aliphatic heterocycles. The molecule has 0 fully saturated rings. The normalized spacial score (nSPS) is 11.5. The molecule has 0 spiro atoms. The van der Waals surface area contributed by atoms with Gasteiger partial charge in [0, 0.05) is 16.4 Å². The van der Waals surface area contributed by atoms with Crippen molar-refractivity contribution in [2.24, 2.45) is 0 Å². The molecule has 146 valence electrons. The lowest BCUT2D eigenvalue weighted by atomic mass is 10.1. The van der Waals surface area contributed by atoms with Crippen molar-refractivity contribution < 1.29 is 22.4 Å². The number of anilines is 1. The lowest BCUT2D eigenvalue weighted by Gasteiger charge is -2.16. The first-order chi connectivity index (χ1) is 13.1. The number of aryl methyl sites for hydroxylation is 1. The van der Waals surface area contributed by atoms with Crippen LogP contribution in [-0.4, -0.2) is 10.5 Å². The van der Waals surface area contributed by atoms with Gasteiger partial charge in [0.1, 0.15) is 5.82 Å². The average Bonchev–Trinajstić information content (AvgIpc) is 2.91. The Labute approximate surface area is 163 Å². The number of hydrogen-bond donors (Lipinski definition) is 1. The molecule has 28 heavy (non-hydrogen) atoms. The van der Waals surface area contributed by atoms with Gasteiger partial charge in [0.25, 0.3) is 5.91 Å². The van der Waals surface area contributed by atoms with E-state index in [1.165, 1.54) is 47.9 Å². The van der Waals surface area contributed by atoms with Crippen molar-refractivity contribution in [2.45, 2.75) is 20.0 Å². The second-order valence-electron chi connectivity index (χ2n) is 6.21. The molecule has 2 aromatic carbocycles. The molecule has 0 atom stereocenters. The second-order valence-corrected chi connectivity index (χ2v) is 6.65. The predicted molar refractivity (Wildman–Crippen MR) is 99.6 cm³/mol. The highest BCUT2D eigenvalue weighted by Gasteiger charge is 2.34. The number of amides is 1. The first-order valence-electron chi connectivity index (χ1n) is 8.21. The number of aromatic nitrogens is 1. The molecule has 0 bridgehead atoms. The van der Waals surface area contributed by atoms with E-state index in [0.29, 0.717) is 11.4 Å². The third-order valence-corrected chi connectivity index (χ3v) is 4.54. The Bertz CT molecular complexity index is 1060. The number of para-hydroxylation sites is 1. The minimum absolute atomic E-state index is 0.0742. The highest BCUT2D eigenvalue weighted by molar-refractivity contribution is 6.30. The van der Waals surface area contributed by atoms with Crippen LogP contribution in [-0.2, 0) is 6.18 Å². The maximum Gasteiger partial charge on any atom is 0.418 e. The van der Waals surface area contributed by atoms with Gasteiger partial charge >= 0.3 is 6.18 Å². The minimum Gasteiger partial charge on any atom is -0.319 e. The molecule has 3 aromatic rings. The largest absolute Gasteiger partial charge is 0.418 e. The Kier molecular flexibility index (Phi) is 5.21. The zero-order valence-corrected chi connectivity index (χ0v) is 15.6. The van der Waals surface area contributed by atoms with E-state index in [2.05, 4.69) is 5.32 Å². The minimum atomic E-state index is -4.55. The Balaban J connectivity index is 2.03. The summed E-state index contributed by atoms with van der Waals surface area (Å²) in [5.41, 5.74) is -0.0788. The molecule has 1 heterocycles. The number of benzene rings is 2. The molecule has 0 saturated carbocycles. The van der Waals surface area contributed by atoms with Gasteiger partial charge in [-0.1, -0.05) is 23.7 Å². The summed E-state index contributed by atoms with van der Waals surface area (Å²) in [4.78, 5) is 12.6. The molecule has 0 radical (unpaired) electrons. The molecular weight excluding hydrogens is 396 g/mol. The van der Waals surface area contributed by atoms with Crippen molar-refractivity contribution in [3.8, 4) is 5.69 Å². The molecule has 0 unspecified atom stereocenters. The third-order valence-electron chi connectivity index (χ3n) is 4.31. The van der Waals surface area contributed by atoms with Gasteiger partial charge < -0.3 is 9.88 Å². The summed E-state index contributed by atoms with van der Waals surface area (Å²) in [5.74, 6) is -1.35. The van der Waals surface area contributed by atoms with Crippen LogP contribution in [0.5, 0.6) is 0 Å². The molecule has 0 aliphatic rings. The van der Waals surface area contributed by atoms with E-state index in [1.54, 1.807) is 6.92 Å². The Morgan fingerprint density at radius 1 is 1.07 bits per heavy atom. The van der Waals surface area contributed by atoms with E-state index < -0.39 is 23.5 Å². The summed E-state index contributed by atoms with van der Waals surface area (Å²) in [7, 11) is 0. The fourth-order valence-electron chi connectivity index (χ4n) is 3.05. The van der Waals surface area contributed by atoms with Gasteiger partial charge in [0.15, 0.2) is 0 Å². The zero-order chi connectivity index (χ0) is 20.6. The maximum absolute atomic E-state index is 13.9. The van der Waals surface area contributed by atoms with Gasteiger partial charge in [0.05, 0.1) is 22.5 Å². The zero-order valence-electron chi connectivity index (χ0n) is 14.9. The van der Waals surface area contributed by atoms with Crippen LogP contribution in [0.4, 0.5) is 23.2 Å². The molecular formula is C20H15ClF4N2O. The average molecular weight is 411 g/mol. The van der Waals surface area contributed by atoms with E-state index in [0.717, 1.165) is 12.1 Å². The maximum atomic E-state index is 13.9. The molecule has 1 amide bonds. The van der Waals surface area contributed by atoms with E-state index >= 15 is 0 Å². The van der Waals surface area contributed by atoms with Crippen molar-refractivity contribution in [3.05, 3.63) is 81.9 Å². The fourth-order valence-corrected chi connectivity index (χ4v) is 3.21. The van der Waals surface area contributed by atoms with E-state index in [-0.39, 0.29) is 22.0 Å². The number of rotatable bonds is 3. The van der Waals surface area contributed by atoms with Crippen molar-refractivity contribution in [1.82, 2.24) is 4.57 Å². The number of carbonyl (C=O) groups excluding carboxylic acids is 1. The molecule has 1 N–H and O–H groups in total. The number of alkyl halides is 3. The summed E-state index contributed by atoms with van der Waals surface area (Å²) >= 11 is 5.69. The van der Waals surface area contributed by atoms with Crippen molar-refractivity contribution >= 4 is 23.2 Å². The lowest BCUT2D eigenvalue weighted by Crippen LogP contribution is -2.15. The van der Waals surface area contributed by atoms with Crippen LogP contribution in [0.2, 0.25) is 5.02 Å². The number of hydrogen-bond acceptors (Lipinski definition) is 1. The molecule has 1 aromatic heterocycles. The highest BCUT2D eigenvalue weighted by Crippen LogP contribution is 2.35. The monoisotopic (exact) mass is 410 g/mol. The molecule has 8 heteroatoms. The number of nitrogens with one attached hydrogen (secondary N) is 1. The summed E-state index contributed by atoms with van der Waals surface area (Å²) in [6.07, 6.45) is -4.55. The van der Waals surface area contributed by atoms with Crippen molar-refractivity contribution in [1.29, 1.82) is 0 Å². The standard InChI is InChI=1S/C20H15ClF4N2O/c1-11-9-14(19(28)26-17-8-7-13(21)10-16(17)22)12(2)27(11)18-6-4-3-5-15(18)20(23,24)25/h3-10H,1-2H3,(H,26,28). The van der Waals surface area contributed by atoms with Gasteiger partial charge in [-0.3, -0.25) is 4.79 Å². The van der Waals surface area contributed by atoms with E-state index in [9.17, 15) is 22.4 Å². The third kappa shape index (κ3) is 3.75. The fraction of sp³-hybridized carbons (Fsp3) is 0.150. The molecule has 3 nitrogen and oxygen atoms in total. The number of carbonyl (C=O) groups is 1. The van der Waals surface area contributed by atoms with Gasteiger partial charge in [-0.15, -0.1) is 0 Å². The number of halogens is 5. The van der Waals surface area contributed by atoms with E-state index in [4.69, 9.17) is 11.6 Å². The van der Waals surface area contributed by atoms with Gasteiger partial charge in [-0.25, -0.2) is 4.39 Å². The summed E-state index contributed by atoms with van der Waals surface area (Å²) < 4.78 is 55.4. The van der Waals surface area contributed by atoms with Crippen LogP contribution in [0.25, 0.3) is 5.69 Å². The molecule has 3 rings (SSSR count). The highest BCUT2D eigenvalue weighted by atomic mass is 35.5. The lowest BCUT2D eigenvalue weighted by molar-refractivity contribution is -0.137. The smallest absolute Gasteiger partial charge is 0.319 e. The Morgan fingerprint density at radius 2 is 1.75 bits per heavy atom. The van der Waals surface area contributed by atoms with Crippen LogP contribution in [0, 0.1) is 19.7 Å². The Hall–Kier alpha value is -2.80. The van der Waals surface area contributed by atoms with Gasteiger partial charge in [0.2, 0.25) is 0 Å². The van der Waals surface area contributed by atoms with Crippen LogP contribution >= 0.6 is 11.6 Å². The van der Waals surface area contributed by atoms with Gasteiger partial charge in [-0.2, -0.15) is 13.2 Å². The quantitative estimate of drug-likeness (QED) is 0.516. The second kappa shape index (κ2) is 7.31. The van der Waals surface area contributed by atoms with Crippen LogP contribution in [0.15, 0.2) is 48.5 Å². The number of nitrogens with zero attached hydrogens (tertiary/aromatic N) is 1. The summed E-state index contributed by atoms with van der Waals surface area (Å²) in [6.45, 7) is 3.13. The summed E-state index contributed by atoms with van der Waals surface area (Å²) in [5, 5.41) is 2.60. The predicted octanol–water partition coefficient (Wildman–Crippen LogP) is 6.16. The van der Waals surface area contributed by atoms with E-state index in [1.807, 2.05) is 0 Å². The van der Waals surface area contributed by atoms with Crippen LogP contribution < -0.4 is 5.32 Å².